The lowest BCUT2D eigenvalue weighted by atomic mass is 9.87. The lowest BCUT2D eigenvalue weighted by Gasteiger charge is -2.25. The number of amides is 4. The minimum atomic E-state index is -1.15. The molecule has 29 heavy (non-hydrogen) atoms. The Labute approximate surface area is 170 Å². The van der Waals surface area contributed by atoms with Crippen molar-refractivity contribution in [2.45, 2.75) is 45.1 Å². The lowest BCUT2D eigenvalue weighted by Crippen LogP contribution is -2.44. The number of hydrogen-bond donors (Lipinski definition) is 2. The minimum absolute atomic E-state index is 0.165. The molecule has 3 rings (SSSR count). The second-order valence-electron chi connectivity index (χ2n) is 8.28. The number of imide groups is 1. The third-order valence-corrected chi connectivity index (χ3v) is 5.19. The molecule has 2 N–H and O–H groups in total. The number of hydrogen-bond acceptors (Lipinski definition) is 4. The van der Waals surface area contributed by atoms with E-state index in [4.69, 9.17) is 0 Å². The molecule has 0 spiro atoms. The summed E-state index contributed by atoms with van der Waals surface area (Å²) in [6, 6.07) is 10.3. The summed E-state index contributed by atoms with van der Waals surface area (Å²) in [6.07, 6.45) is 0.385. The second-order valence-corrected chi connectivity index (χ2v) is 8.28. The number of carbonyl (C=O) groups is 3. The van der Waals surface area contributed by atoms with Crippen LogP contribution in [0, 0.1) is 0 Å². The van der Waals surface area contributed by atoms with E-state index in [0.29, 0.717) is 17.8 Å². The topological polar surface area (TPSA) is 96.3 Å². The highest BCUT2D eigenvalue weighted by Crippen LogP contribution is 2.32. The molecule has 154 valence electrons. The molecule has 1 saturated heterocycles. The normalized spacial score (nSPS) is 19.4. The summed E-state index contributed by atoms with van der Waals surface area (Å²) in [6.45, 7) is 7.56. The van der Waals surface area contributed by atoms with Gasteiger partial charge in [-0.3, -0.25) is 19.2 Å². The number of anilines is 1. The number of rotatable bonds is 5. The third-order valence-electron chi connectivity index (χ3n) is 5.19. The third kappa shape index (κ3) is 3.74. The van der Waals surface area contributed by atoms with Crippen molar-refractivity contribution in [1.82, 2.24) is 20.0 Å². The number of carbonyl (C=O) groups excluding carboxylic acids is 3. The number of benzene rings is 1. The van der Waals surface area contributed by atoms with Crippen LogP contribution in [-0.2, 0) is 27.6 Å². The van der Waals surface area contributed by atoms with E-state index in [-0.39, 0.29) is 12.0 Å². The molecule has 4 amide bonds. The van der Waals surface area contributed by atoms with Gasteiger partial charge >= 0.3 is 6.03 Å². The van der Waals surface area contributed by atoms with Crippen molar-refractivity contribution in [3.63, 3.8) is 0 Å². The zero-order valence-corrected chi connectivity index (χ0v) is 17.4. The van der Waals surface area contributed by atoms with Gasteiger partial charge in [0.05, 0.1) is 5.69 Å². The molecule has 2 heterocycles. The average Bonchev–Trinajstić information content (AvgIpc) is 3.15. The summed E-state index contributed by atoms with van der Waals surface area (Å²) < 4.78 is 1.57. The van der Waals surface area contributed by atoms with E-state index in [9.17, 15) is 14.4 Å². The number of aromatic nitrogens is 2. The monoisotopic (exact) mass is 397 g/mol. The molecule has 2 aromatic rings. The molecule has 1 atom stereocenters. The van der Waals surface area contributed by atoms with Crippen LogP contribution in [0.15, 0.2) is 36.4 Å². The van der Waals surface area contributed by atoms with Gasteiger partial charge in [-0.25, -0.2) is 4.79 Å². The van der Waals surface area contributed by atoms with Crippen LogP contribution < -0.4 is 10.6 Å². The van der Waals surface area contributed by atoms with Crippen LogP contribution in [-0.4, -0.2) is 39.1 Å². The fraction of sp³-hybridized carbons (Fsp3) is 0.429. The highest BCUT2D eigenvalue weighted by Gasteiger charge is 2.51. The molecule has 1 aromatic carbocycles. The smallest absolute Gasteiger partial charge is 0.319 e. The summed E-state index contributed by atoms with van der Waals surface area (Å²) >= 11 is 0. The van der Waals surface area contributed by atoms with Crippen LogP contribution in [0.1, 0.15) is 45.4 Å². The van der Waals surface area contributed by atoms with Gasteiger partial charge in [0, 0.05) is 18.5 Å². The largest absolute Gasteiger partial charge is 0.325 e. The predicted octanol–water partition coefficient (Wildman–Crippen LogP) is 2.51. The summed E-state index contributed by atoms with van der Waals surface area (Å²) in [4.78, 5) is 39.2. The molecule has 0 aliphatic carbocycles. The van der Waals surface area contributed by atoms with Crippen molar-refractivity contribution >= 4 is 23.7 Å². The Balaban J connectivity index is 1.77. The van der Waals surface area contributed by atoms with E-state index < -0.39 is 23.4 Å². The summed E-state index contributed by atoms with van der Waals surface area (Å²) in [5, 5.41) is 9.94. The Morgan fingerprint density at radius 3 is 2.41 bits per heavy atom. The van der Waals surface area contributed by atoms with E-state index in [2.05, 4.69) is 15.7 Å². The first kappa shape index (κ1) is 20.6. The maximum Gasteiger partial charge on any atom is 0.325 e. The summed E-state index contributed by atoms with van der Waals surface area (Å²) in [5.41, 5.74) is 0.219. The highest BCUT2D eigenvalue weighted by atomic mass is 16.2. The van der Waals surface area contributed by atoms with Gasteiger partial charge in [-0.15, -0.1) is 0 Å². The van der Waals surface area contributed by atoms with E-state index in [1.165, 1.54) is 0 Å². The van der Waals surface area contributed by atoms with Crippen molar-refractivity contribution in [3.8, 4) is 0 Å². The van der Waals surface area contributed by atoms with E-state index >= 15 is 0 Å². The second kappa shape index (κ2) is 7.35. The molecule has 1 fully saturated rings. The maximum atomic E-state index is 13.1. The maximum absolute atomic E-state index is 13.1. The van der Waals surface area contributed by atoms with Crippen molar-refractivity contribution in [2.24, 2.45) is 7.05 Å². The molecule has 1 aliphatic rings. The molecule has 1 aliphatic heterocycles. The van der Waals surface area contributed by atoms with Gasteiger partial charge in [0.2, 0.25) is 5.91 Å². The van der Waals surface area contributed by atoms with Gasteiger partial charge in [0.25, 0.3) is 5.91 Å². The zero-order valence-electron chi connectivity index (χ0n) is 17.4. The molecule has 8 nitrogen and oxygen atoms in total. The van der Waals surface area contributed by atoms with Gasteiger partial charge < -0.3 is 10.6 Å². The Hall–Kier alpha value is -3.16. The van der Waals surface area contributed by atoms with Crippen LogP contribution in [0.2, 0.25) is 0 Å². The van der Waals surface area contributed by atoms with E-state index in [1.807, 2.05) is 45.9 Å². The fourth-order valence-corrected chi connectivity index (χ4v) is 3.41. The predicted molar refractivity (Wildman–Crippen MR) is 109 cm³/mol. The summed E-state index contributed by atoms with van der Waals surface area (Å²) in [7, 11) is 1.73. The van der Waals surface area contributed by atoms with Crippen molar-refractivity contribution in [3.05, 3.63) is 47.7 Å². The first-order chi connectivity index (χ1) is 13.6. The summed E-state index contributed by atoms with van der Waals surface area (Å²) in [5.74, 6) is -0.375. The highest BCUT2D eigenvalue weighted by molar-refractivity contribution is 6.10. The van der Waals surface area contributed by atoms with Crippen molar-refractivity contribution in [1.29, 1.82) is 0 Å². The van der Waals surface area contributed by atoms with Gasteiger partial charge in [0.1, 0.15) is 17.9 Å². The standard InChI is InChI=1S/C21H27N5O3/c1-6-21(14-10-8-7-9-11-14)18(28)26(19(29)23-21)13-17(27)22-16-12-15(20(2,3)4)24-25(16)5/h7-12H,6,13H2,1-5H3,(H,22,27)(H,23,29). The Kier molecular flexibility index (Phi) is 5.21. The number of nitrogens with one attached hydrogen (secondary N) is 2. The first-order valence-electron chi connectivity index (χ1n) is 9.62. The molecule has 1 unspecified atom stereocenters. The Morgan fingerprint density at radius 1 is 1.21 bits per heavy atom. The van der Waals surface area contributed by atoms with E-state index in [0.717, 1.165) is 10.6 Å². The SMILES string of the molecule is CCC1(c2ccccc2)NC(=O)N(CC(=O)Nc2cc(C(C)(C)C)nn2C)C1=O. The molecular formula is C21H27N5O3. The number of nitrogens with zero attached hydrogens (tertiary/aromatic N) is 3. The van der Waals surface area contributed by atoms with Gasteiger partial charge in [-0.05, 0) is 12.0 Å². The van der Waals surface area contributed by atoms with Crippen LogP contribution >= 0.6 is 0 Å². The molecular weight excluding hydrogens is 370 g/mol. The van der Waals surface area contributed by atoms with Crippen molar-refractivity contribution < 1.29 is 14.4 Å². The Morgan fingerprint density at radius 2 is 1.86 bits per heavy atom. The number of urea groups is 1. The zero-order chi connectivity index (χ0) is 21.4. The first-order valence-corrected chi connectivity index (χ1v) is 9.62. The van der Waals surface area contributed by atoms with Crippen molar-refractivity contribution in [2.75, 3.05) is 11.9 Å². The van der Waals surface area contributed by atoms with Gasteiger partial charge in [0.15, 0.2) is 0 Å². The van der Waals surface area contributed by atoms with Crippen LogP contribution in [0.3, 0.4) is 0 Å². The number of aryl methyl sites for hydroxylation is 1. The molecule has 8 heteroatoms. The van der Waals surface area contributed by atoms with Crippen LogP contribution in [0.5, 0.6) is 0 Å². The minimum Gasteiger partial charge on any atom is -0.319 e. The molecule has 0 radical (unpaired) electrons. The van der Waals surface area contributed by atoms with Crippen LogP contribution in [0.4, 0.5) is 10.6 Å². The van der Waals surface area contributed by atoms with Gasteiger partial charge in [-0.1, -0.05) is 58.0 Å². The lowest BCUT2D eigenvalue weighted by molar-refractivity contribution is -0.134. The fourth-order valence-electron chi connectivity index (χ4n) is 3.41. The molecule has 0 saturated carbocycles. The van der Waals surface area contributed by atoms with E-state index in [1.54, 1.807) is 29.9 Å². The van der Waals surface area contributed by atoms with Gasteiger partial charge in [-0.2, -0.15) is 5.10 Å². The molecule has 1 aromatic heterocycles. The Bertz CT molecular complexity index is 945. The van der Waals surface area contributed by atoms with Crippen LogP contribution in [0.25, 0.3) is 0 Å². The average molecular weight is 397 g/mol. The molecule has 0 bridgehead atoms. The quantitative estimate of drug-likeness (QED) is 0.758.